The molecule has 10 heteroatoms. The van der Waals surface area contributed by atoms with E-state index in [-0.39, 0.29) is 17.5 Å². The van der Waals surface area contributed by atoms with Gasteiger partial charge in [-0.3, -0.25) is 14.9 Å². The average Bonchev–Trinajstić information content (AvgIpc) is 3.30. The van der Waals surface area contributed by atoms with E-state index in [1.807, 2.05) is 20.8 Å². The molecule has 142 valence electrons. The zero-order valence-corrected chi connectivity index (χ0v) is 16.2. The Morgan fingerprint density at radius 3 is 2.79 bits per heavy atom. The molecule has 1 amide bonds. The van der Waals surface area contributed by atoms with E-state index < -0.39 is 11.3 Å². The van der Waals surface area contributed by atoms with Crippen LogP contribution in [0, 0.1) is 13.8 Å². The summed E-state index contributed by atoms with van der Waals surface area (Å²) in [7, 11) is 0. The van der Waals surface area contributed by atoms with Crippen LogP contribution in [0.5, 0.6) is 0 Å². The smallest absolute Gasteiger partial charge is 0.322 e. The highest BCUT2D eigenvalue weighted by Crippen LogP contribution is 2.22. The summed E-state index contributed by atoms with van der Waals surface area (Å²) in [5.41, 5.74) is 1.45. The van der Waals surface area contributed by atoms with E-state index in [1.54, 1.807) is 22.1 Å². The molecule has 0 unspecified atom stereocenters. The van der Waals surface area contributed by atoms with Gasteiger partial charge in [0.15, 0.2) is 0 Å². The number of thiazole rings is 1. The molecule has 4 aromatic heterocycles. The van der Waals surface area contributed by atoms with Gasteiger partial charge in [-0.1, -0.05) is 5.10 Å². The van der Waals surface area contributed by atoms with Crippen molar-refractivity contribution in [2.24, 2.45) is 0 Å². The zero-order valence-electron chi connectivity index (χ0n) is 15.4. The molecule has 0 aliphatic carbocycles. The SMILES string of the molecule is CCn1cc(C(=O)Nc2nnc(-c3csc(C)n3)o2)c(=O)c2ccc(C)nc21. The molecule has 0 fully saturated rings. The quantitative estimate of drug-likeness (QED) is 0.564. The Balaban J connectivity index is 1.68. The lowest BCUT2D eigenvalue weighted by atomic mass is 10.1. The fourth-order valence-electron chi connectivity index (χ4n) is 2.77. The number of carbonyl (C=O) groups is 1. The van der Waals surface area contributed by atoms with Gasteiger partial charge in [0, 0.05) is 23.8 Å². The van der Waals surface area contributed by atoms with E-state index in [1.165, 1.54) is 17.5 Å². The second kappa shape index (κ2) is 6.97. The van der Waals surface area contributed by atoms with Gasteiger partial charge in [0.1, 0.15) is 16.9 Å². The molecule has 4 heterocycles. The van der Waals surface area contributed by atoms with E-state index in [9.17, 15) is 9.59 Å². The van der Waals surface area contributed by atoms with Crippen molar-refractivity contribution < 1.29 is 9.21 Å². The van der Waals surface area contributed by atoms with Crippen molar-refractivity contribution in [1.29, 1.82) is 0 Å². The van der Waals surface area contributed by atoms with Gasteiger partial charge in [-0.15, -0.1) is 16.4 Å². The molecule has 0 bridgehead atoms. The molecule has 0 spiro atoms. The number of nitrogens with one attached hydrogen (secondary N) is 1. The summed E-state index contributed by atoms with van der Waals surface area (Å²) in [6.45, 7) is 6.18. The molecule has 4 rings (SSSR count). The van der Waals surface area contributed by atoms with E-state index in [2.05, 4.69) is 25.5 Å². The third-order valence-electron chi connectivity index (χ3n) is 4.13. The molecule has 0 saturated carbocycles. The summed E-state index contributed by atoms with van der Waals surface area (Å²) < 4.78 is 7.20. The van der Waals surface area contributed by atoms with Crippen molar-refractivity contribution in [3.8, 4) is 11.6 Å². The summed E-state index contributed by atoms with van der Waals surface area (Å²) in [5.74, 6) is -0.428. The van der Waals surface area contributed by atoms with Gasteiger partial charge in [-0.05, 0) is 32.9 Å². The predicted molar refractivity (Wildman–Crippen MR) is 105 cm³/mol. The van der Waals surface area contributed by atoms with Crippen molar-refractivity contribution >= 4 is 34.3 Å². The Morgan fingerprint density at radius 2 is 2.07 bits per heavy atom. The first-order valence-electron chi connectivity index (χ1n) is 8.54. The Hall–Kier alpha value is -3.40. The van der Waals surface area contributed by atoms with Crippen LogP contribution in [0.15, 0.2) is 32.9 Å². The van der Waals surface area contributed by atoms with E-state index in [4.69, 9.17) is 4.42 Å². The van der Waals surface area contributed by atoms with Crippen LogP contribution in [0.25, 0.3) is 22.6 Å². The van der Waals surface area contributed by atoms with Gasteiger partial charge < -0.3 is 8.98 Å². The topological polar surface area (TPSA) is 116 Å². The van der Waals surface area contributed by atoms with Crippen LogP contribution in [0.4, 0.5) is 6.01 Å². The molecule has 4 aromatic rings. The summed E-state index contributed by atoms with van der Waals surface area (Å²) in [4.78, 5) is 34.1. The fourth-order valence-corrected chi connectivity index (χ4v) is 3.35. The van der Waals surface area contributed by atoms with E-state index >= 15 is 0 Å². The minimum absolute atomic E-state index is 0.0238. The molecular formula is C18H16N6O3S. The highest BCUT2D eigenvalue weighted by atomic mass is 32.1. The van der Waals surface area contributed by atoms with Crippen LogP contribution in [-0.2, 0) is 6.54 Å². The van der Waals surface area contributed by atoms with Crippen molar-refractivity contribution in [2.75, 3.05) is 5.32 Å². The van der Waals surface area contributed by atoms with Crippen molar-refractivity contribution in [1.82, 2.24) is 24.7 Å². The number of aryl methyl sites for hydroxylation is 3. The lowest BCUT2D eigenvalue weighted by Gasteiger charge is -2.10. The van der Waals surface area contributed by atoms with E-state index in [0.717, 1.165) is 10.7 Å². The molecule has 0 aliphatic heterocycles. The minimum Gasteiger partial charge on any atom is -0.401 e. The number of fused-ring (bicyclic) bond motifs is 1. The molecule has 9 nitrogen and oxygen atoms in total. The number of carbonyl (C=O) groups excluding carboxylic acids is 1. The molecule has 0 aliphatic rings. The maximum absolute atomic E-state index is 12.8. The van der Waals surface area contributed by atoms with Gasteiger partial charge in [-0.25, -0.2) is 9.97 Å². The van der Waals surface area contributed by atoms with Gasteiger partial charge >= 0.3 is 6.01 Å². The largest absolute Gasteiger partial charge is 0.401 e. The first kappa shape index (κ1) is 18.0. The Bertz CT molecular complexity index is 1260. The first-order chi connectivity index (χ1) is 13.5. The van der Waals surface area contributed by atoms with Crippen molar-refractivity contribution in [2.45, 2.75) is 27.3 Å². The minimum atomic E-state index is -0.626. The van der Waals surface area contributed by atoms with Crippen LogP contribution in [-0.4, -0.2) is 30.6 Å². The number of anilines is 1. The summed E-state index contributed by atoms with van der Waals surface area (Å²) in [5, 5.41) is 13.2. The van der Waals surface area contributed by atoms with Crippen molar-refractivity contribution in [3.05, 3.63) is 50.2 Å². The van der Waals surface area contributed by atoms with Crippen LogP contribution >= 0.6 is 11.3 Å². The highest BCUT2D eigenvalue weighted by molar-refractivity contribution is 7.09. The molecule has 0 aromatic carbocycles. The maximum atomic E-state index is 12.8. The lowest BCUT2D eigenvalue weighted by Crippen LogP contribution is -2.24. The number of amides is 1. The molecule has 0 atom stereocenters. The first-order valence-corrected chi connectivity index (χ1v) is 9.42. The molecule has 28 heavy (non-hydrogen) atoms. The Morgan fingerprint density at radius 1 is 1.25 bits per heavy atom. The fraction of sp³-hybridized carbons (Fsp3) is 0.222. The van der Waals surface area contributed by atoms with Crippen LogP contribution in [0.1, 0.15) is 28.0 Å². The average molecular weight is 396 g/mol. The third kappa shape index (κ3) is 3.18. The number of aromatic nitrogens is 5. The Kier molecular flexibility index (Phi) is 4.47. The lowest BCUT2D eigenvalue weighted by molar-refractivity contribution is 0.102. The number of hydrogen-bond donors (Lipinski definition) is 1. The third-order valence-corrected chi connectivity index (χ3v) is 4.90. The van der Waals surface area contributed by atoms with Gasteiger partial charge in [0.05, 0.1) is 10.4 Å². The predicted octanol–water partition coefficient (Wildman–Crippen LogP) is 2.79. The monoisotopic (exact) mass is 396 g/mol. The molecule has 0 radical (unpaired) electrons. The second-order valence-corrected chi connectivity index (χ2v) is 7.16. The number of pyridine rings is 2. The number of hydrogen-bond acceptors (Lipinski definition) is 8. The normalized spacial score (nSPS) is 11.1. The number of rotatable bonds is 4. The van der Waals surface area contributed by atoms with Gasteiger partial charge in [0.25, 0.3) is 11.8 Å². The molecular weight excluding hydrogens is 380 g/mol. The van der Waals surface area contributed by atoms with Gasteiger partial charge in [-0.2, -0.15) is 0 Å². The molecule has 0 saturated heterocycles. The standard InChI is InChI=1S/C18H16N6O3S/c1-4-24-7-12(14(25)11-6-5-9(2)19-15(11)24)16(26)21-18-23-22-17(27-18)13-8-28-10(3)20-13/h5-8H,4H2,1-3H3,(H,21,23,26). The van der Waals surface area contributed by atoms with E-state index in [0.29, 0.717) is 23.3 Å². The summed E-state index contributed by atoms with van der Waals surface area (Å²) in [6.07, 6.45) is 1.49. The highest BCUT2D eigenvalue weighted by Gasteiger charge is 2.19. The summed E-state index contributed by atoms with van der Waals surface area (Å²) in [6, 6.07) is 3.32. The second-order valence-electron chi connectivity index (χ2n) is 6.10. The Labute approximate surface area is 163 Å². The zero-order chi connectivity index (χ0) is 19.8. The van der Waals surface area contributed by atoms with Gasteiger partial charge in [0.2, 0.25) is 5.43 Å². The number of nitrogens with zero attached hydrogens (tertiary/aromatic N) is 5. The molecule has 1 N–H and O–H groups in total. The van der Waals surface area contributed by atoms with Crippen LogP contribution in [0.3, 0.4) is 0 Å². The maximum Gasteiger partial charge on any atom is 0.322 e. The van der Waals surface area contributed by atoms with Crippen molar-refractivity contribution in [3.63, 3.8) is 0 Å². The summed E-state index contributed by atoms with van der Waals surface area (Å²) >= 11 is 1.45. The van der Waals surface area contributed by atoms with Crippen LogP contribution in [0.2, 0.25) is 0 Å². The van der Waals surface area contributed by atoms with Crippen LogP contribution < -0.4 is 10.7 Å².